The number of hydrogen-bond donors (Lipinski definition) is 1. The van der Waals surface area contributed by atoms with Gasteiger partial charge in [0.05, 0.1) is 23.9 Å². The second-order valence-electron chi connectivity index (χ2n) is 8.64. The summed E-state index contributed by atoms with van der Waals surface area (Å²) in [6, 6.07) is 15.6. The zero-order valence-corrected chi connectivity index (χ0v) is 18.2. The normalized spacial score (nSPS) is 19.4. The molecule has 0 amide bonds. The molecule has 6 heteroatoms. The van der Waals surface area contributed by atoms with E-state index < -0.39 is 11.4 Å². The summed E-state index contributed by atoms with van der Waals surface area (Å²) in [5, 5.41) is 15.8. The van der Waals surface area contributed by atoms with Gasteiger partial charge in [-0.05, 0) is 55.9 Å². The van der Waals surface area contributed by atoms with Crippen LogP contribution < -0.4 is 4.74 Å². The summed E-state index contributed by atoms with van der Waals surface area (Å²) in [7, 11) is 1.66. The molecule has 5 rings (SSSR count). The van der Waals surface area contributed by atoms with Crippen LogP contribution in [-0.2, 0) is 17.6 Å². The predicted molar refractivity (Wildman–Crippen MR) is 120 cm³/mol. The number of hydrogen-bond acceptors (Lipinski definition) is 3. The molecule has 5 nitrogen and oxygen atoms in total. The molecule has 2 aliphatic rings. The van der Waals surface area contributed by atoms with Crippen molar-refractivity contribution < 1.29 is 14.6 Å². The van der Waals surface area contributed by atoms with E-state index in [1.807, 2.05) is 53.2 Å². The summed E-state index contributed by atoms with van der Waals surface area (Å²) in [4.78, 5) is 12.3. The number of fused-ring (bicyclic) bond motifs is 1. The second kappa shape index (κ2) is 7.72. The molecule has 1 fully saturated rings. The van der Waals surface area contributed by atoms with Gasteiger partial charge in [0.15, 0.2) is 0 Å². The standard InChI is InChI=1S/C25H25ClN2O3/c1-31-22-7-3-2-6-21(22)28-23(16-8-10-18(26)11-9-16)19-14-17(15-20(19)27-28)25(24(29)30)12-4-5-13-25/h2-3,6-11,17H,4-5,12-15H2,1H3,(H,29,30)/t17-/m0/s1. The molecule has 0 spiro atoms. The maximum Gasteiger partial charge on any atom is 0.309 e. The molecule has 1 heterocycles. The maximum absolute atomic E-state index is 12.3. The number of aliphatic carboxylic acids is 1. The molecular formula is C25H25ClN2O3. The van der Waals surface area contributed by atoms with Crippen molar-refractivity contribution in [1.29, 1.82) is 0 Å². The highest BCUT2D eigenvalue weighted by atomic mass is 35.5. The monoisotopic (exact) mass is 436 g/mol. The zero-order chi connectivity index (χ0) is 21.6. The summed E-state index contributed by atoms with van der Waals surface area (Å²) in [5.74, 6) is 0.183. The van der Waals surface area contributed by atoms with Crippen LogP contribution in [0.5, 0.6) is 5.75 Å². The van der Waals surface area contributed by atoms with E-state index in [0.29, 0.717) is 11.4 Å². The van der Waals surface area contributed by atoms with Gasteiger partial charge >= 0.3 is 5.97 Å². The number of nitrogens with zero attached hydrogens (tertiary/aromatic N) is 2. The molecule has 2 aliphatic carbocycles. The fourth-order valence-corrected chi connectivity index (χ4v) is 5.63. The topological polar surface area (TPSA) is 64.4 Å². The first kappa shape index (κ1) is 20.1. The molecule has 0 aliphatic heterocycles. The Hall–Kier alpha value is -2.79. The number of benzene rings is 2. The van der Waals surface area contributed by atoms with Crippen LogP contribution in [0.15, 0.2) is 48.5 Å². The van der Waals surface area contributed by atoms with Crippen LogP contribution in [-0.4, -0.2) is 28.0 Å². The van der Waals surface area contributed by atoms with Crippen LogP contribution >= 0.6 is 11.6 Å². The molecule has 160 valence electrons. The average molecular weight is 437 g/mol. The number of rotatable bonds is 5. The lowest BCUT2D eigenvalue weighted by Crippen LogP contribution is -2.37. The van der Waals surface area contributed by atoms with Gasteiger partial charge in [-0.3, -0.25) is 4.79 Å². The number of halogens is 1. The summed E-state index contributed by atoms with van der Waals surface area (Å²) >= 11 is 6.15. The highest BCUT2D eigenvalue weighted by Crippen LogP contribution is 2.51. The number of carboxylic acids is 1. The minimum Gasteiger partial charge on any atom is -0.494 e. The smallest absolute Gasteiger partial charge is 0.309 e. The van der Waals surface area contributed by atoms with E-state index in [0.717, 1.165) is 66.1 Å². The Balaban J connectivity index is 1.64. The fraction of sp³-hybridized carbons (Fsp3) is 0.360. The molecule has 1 aromatic heterocycles. The lowest BCUT2D eigenvalue weighted by molar-refractivity contribution is -0.152. The predicted octanol–water partition coefficient (Wildman–Crippen LogP) is 5.56. The van der Waals surface area contributed by atoms with Crippen molar-refractivity contribution in [1.82, 2.24) is 9.78 Å². The van der Waals surface area contributed by atoms with Gasteiger partial charge in [0.1, 0.15) is 11.4 Å². The number of carboxylic acid groups (broad SMARTS) is 1. The molecule has 3 aromatic rings. The SMILES string of the molecule is COc1ccccc1-n1nc2c(c1-c1ccc(Cl)cc1)C[C@H](C1(C(=O)O)CCCC1)C2. The van der Waals surface area contributed by atoms with Crippen molar-refractivity contribution in [2.45, 2.75) is 38.5 Å². The third-order valence-corrected chi connectivity index (χ3v) is 7.34. The van der Waals surface area contributed by atoms with Crippen LogP contribution in [0.3, 0.4) is 0 Å². The fourth-order valence-electron chi connectivity index (χ4n) is 5.50. The van der Waals surface area contributed by atoms with Crippen molar-refractivity contribution in [3.05, 3.63) is 64.8 Å². The molecule has 0 saturated heterocycles. The van der Waals surface area contributed by atoms with Gasteiger partial charge in [-0.25, -0.2) is 4.68 Å². The molecule has 1 atom stereocenters. The molecule has 0 bridgehead atoms. The first-order chi connectivity index (χ1) is 15.0. The zero-order valence-electron chi connectivity index (χ0n) is 17.5. The first-order valence-corrected chi connectivity index (χ1v) is 11.1. The van der Waals surface area contributed by atoms with E-state index in [-0.39, 0.29) is 5.92 Å². The quantitative estimate of drug-likeness (QED) is 0.568. The average Bonchev–Trinajstić information content (AvgIpc) is 3.49. The van der Waals surface area contributed by atoms with Gasteiger partial charge in [0.2, 0.25) is 0 Å². The van der Waals surface area contributed by atoms with E-state index in [1.165, 1.54) is 0 Å². The maximum atomic E-state index is 12.3. The van der Waals surface area contributed by atoms with Crippen LogP contribution in [0, 0.1) is 11.3 Å². The van der Waals surface area contributed by atoms with Crippen molar-refractivity contribution in [3.63, 3.8) is 0 Å². The Morgan fingerprint density at radius 1 is 1.13 bits per heavy atom. The minimum atomic E-state index is -0.647. The van der Waals surface area contributed by atoms with Gasteiger partial charge in [-0.2, -0.15) is 5.10 Å². The number of aromatic nitrogens is 2. The Kier molecular flexibility index (Phi) is 5.01. The molecule has 2 aromatic carbocycles. The third-order valence-electron chi connectivity index (χ3n) is 7.09. The Morgan fingerprint density at radius 2 is 1.84 bits per heavy atom. The lowest BCUT2D eigenvalue weighted by Gasteiger charge is -2.31. The molecule has 1 N–H and O–H groups in total. The Labute approximate surface area is 186 Å². The van der Waals surface area contributed by atoms with Crippen LogP contribution in [0.25, 0.3) is 16.9 Å². The number of ether oxygens (including phenoxy) is 1. The van der Waals surface area contributed by atoms with Gasteiger partial charge in [0.25, 0.3) is 0 Å². The van der Waals surface area contributed by atoms with E-state index in [1.54, 1.807) is 7.11 Å². The Bertz CT molecular complexity index is 1130. The minimum absolute atomic E-state index is 0.0865. The van der Waals surface area contributed by atoms with Crippen molar-refractivity contribution in [2.75, 3.05) is 7.11 Å². The van der Waals surface area contributed by atoms with Crippen molar-refractivity contribution in [2.24, 2.45) is 11.3 Å². The second-order valence-corrected chi connectivity index (χ2v) is 9.07. The largest absolute Gasteiger partial charge is 0.494 e. The third kappa shape index (κ3) is 3.23. The number of para-hydroxylation sites is 2. The molecule has 0 radical (unpaired) electrons. The van der Waals surface area contributed by atoms with Gasteiger partial charge in [-0.1, -0.05) is 48.7 Å². The highest BCUT2D eigenvalue weighted by molar-refractivity contribution is 6.30. The summed E-state index contributed by atoms with van der Waals surface area (Å²) in [5.41, 5.74) is 4.40. The number of carbonyl (C=O) groups is 1. The van der Waals surface area contributed by atoms with E-state index >= 15 is 0 Å². The van der Waals surface area contributed by atoms with Crippen molar-refractivity contribution in [3.8, 4) is 22.7 Å². The van der Waals surface area contributed by atoms with Gasteiger partial charge in [0, 0.05) is 16.1 Å². The van der Waals surface area contributed by atoms with Crippen LogP contribution in [0.1, 0.15) is 36.9 Å². The number of methoxy groups -OCH3 is 1. The van der Waals surface area contributed by atoms with Gasteiger partial charge in [-0.15, -0.1) is 0 Å². The molecular weight excluding hydrogens is 412 g/mol. The van der Waals surface area contributed by atoms with E-state index in [4.69, 9.17) is 21.4 Å². The lowest BCUT2D eigenvalue weighted by atomic mass is 9.72. The van der Waals surface area contributed by atoms with Crippen LogP contribution in [0.2, 0.25) is 5.02 Å². The van der Waals surface area contributed by atoms with Crippen LogP contribution in [0.4, 0.5) is 0 Å². The highest BCUT2D eigenvalue weighted by Gasteiger charge is 2.50. The van der Waals surface area contributed by atoms with E-state index in [2.05, 4.69) is 0 Å². The summed E-state index contributed by atoms with van der Waals surface area (Å²) < 4.78 is 7.55. The van der Waals surface area contributed by atoms with E-state index in [9.17, 15) is 9.90 Å². The molecule has 31 heavy (non-hydrogen) atoms. The summed E-state index contributed by atoms with van der Waals surface area (Å²) in [6.07, 6.45) is 4.94. The summed E-state index contributed by atoms with van der Waals surface area (Å²) in [6.45, 7) is 0. The first-order valence-electron chi connectivity index (χ1n) is 10.8. The molecule has 0 unspecified atom stereocenters. The van der Waals surface area contributed by atoms with Gasteiger partial charge < -0.3 is 9.84 Å². The molecule has 1 saturated carbocycles. The Morgan fingerprint density at radius 3 is 2.52 bits per heavy atom. The van der Waals surface area contributed by atoms with Crippen molar-refractivity contribution >= 4 is 17.6 Å².